The maximum absolute atomic E-state index is 13.7. The fraction of sp³-hybridized carbons (Fsp3) is 0.458. The van der Waals surface area contributed by atoms with E-state index in [0.29, 0.717) is 12.2 Å². The fourth-order valence-electron chi connectivity index (χ4n) is 5.81. The van der Waals surface area contributed by atoms with E-state index in [1.54, 1.807) is 25.1 Å². The van der Waals surface area contributed by atoms with E-state index >= 15 is 0 Å². The molecule has 1 amide bonds. The fourth-order valence-corrected chi connectivity index (χ4v) is 5.81. The summed E-state index contributed by atoms with van der Waals surface area (Å²) in [7, 11) is 8.36. The molecule has 0 unspecified atom stereocenters. The smallest absolute Gasteiger partial charge is 0.255 e. The minimum Gasteiger partial charge on any atom is -0.510 e. The number of aliphatic hydroxyl groups is 3. The molecule has 0 bridgehead atoms. The van der Waals surface area contributed by atoms with Gasteiger partial charge in [0.15, 0.2) is 11.4 Å². The van der Waals surface area contributed by atoms with Crippen LogP contribution in [0.1, 0.15) is 22.3 Å². The molecule has 3 aliphatic rings. The van der Waals surface area contributed by atoms with Crippen molar-refractivity contribution < 1.29 is 34.4 Å². The first-order valence-corrected chi connectivity index (χ1v) is 10.9. The molecular weight excluding hydrogens is 442 g/mol. The minimum atomic E-state index is -2.59. The molecule has 3 aliphatic carbocycles. The quantitative estimate of drug-likeness (QED) is 0.459. The van der Waals surface area contributed by atoms with Gasteiger partial charge in [-0.05, 0) is 50.6 Å². The Labute approximate surface area is 196 Å². The van der Waals surface area contributed by atoms with Crippen molar-refractivity contribution in [3.63, 3.8) is 0 Å². The number of nitrogens with two attached hydrogens (primary N) is 1. The van der Waals surface area contributed by atoms with Crippen molar-refractivity contribution in [1.29, 1.82) is 0 Å². The molecule has 10 nitrogen and oxygen atoms in total. The molecule has 0 saturated heterocycles. The number of likely N-dealkylation sites (N-methyl/N-ethyl adjacent to an activating group) is 1. The molecule has 5 N–H and O–H groups in total. The topological polar surface area (TPSA) is 154 Å². The number of ether oxygens (including phenoxy) is 1. The van der Waals surface area contributed by atoms with Gasteiger partial charge >= 0.3 is 0 Å². The monoisotopic (exact) mass is 471 g/mol. The van der Waals surface area contributed by atoms with E-state index in [0.717, 1.165) is 11.3 Å². The molecular formula is C24H29N3O7. The summed E-state index contributed by atoms with van der Waals surface area (Å²) < 4.78 is 5.42. The SMILES string of the molecule is COc1ccc(N(C)C)c2c1C(=O)C1=C(O)[C@]3(O)C(=O)C(C(N)=O)=C(O)[C@@H](N(C)C)[C@@H]3C[C@@H]1C2. The number of allylic oxidation sites excluding steroid dienone is 1. The third kappa shape index (κ3) is 2.98. The lowest BCUT2D eigenvalue weighted by Gasteiger charge is -2.50. The minimum absolute atomic E-state index is 0.0866. The number of fused-ring (bicyclic) bond motifs is 3. The van der Waals surface area contributed by atoms with Gasteiger partial charge in [-0.3, -0.25) is 19.3 Å². The third-order valence-electron chi connectivity index (χ3n) is 7.27. The second-order valence-corrected chi connectivity index (χ2v) is 9.50. The van der Waals surface area contributed by atoms with E-state index in [9.17, 15) is 29.7 Å². The van der Waals surface area contributed by atoms with Crippen LogP contribution in [0.3, 0.4) is 0 Å². The molecule has 0 spiro atoms. The van der Waals surface area contributed by atoms with Gasteiger partial charge in [-0.2, -0.15) is 0 Å². The summed E-state index contributed by atoms with van der Waals surface area (Å²) >= 11 is 0. The molecule has 0 saturated carbocycles. The number of Topliss-reactive ketones (excluding diaryl/α,β-unsaturated/α-hetero) is 2. The van der Waals surface area contributed by atoms with Crippen LogP contribution in [0.25, 0.3) is 0 Å². The number of benzene rings is 1. The number of nitrogens with zero attached hydrogens (tertiary/aromatic N) is 2. The zero-order valence-electron chi connectivity index (χ0n) is 19.7. The van der Waals surface area contributed by atoms with Crippen molar-refractivity contribution in [3.8, 4) is 5.75 Å². The standard InChI is InChI=1S/C24H29N3O7/c1-26(2)13-6-7-14(34-5)16-11(13)8-10-9-12-18(27(3)4)20(29)17(23(25)32)22(31)24(12,33)21(30)15(10)19(16)28/h6-7,10,12,18,29-30,33H,8-9H2,1-5H3,(H2,25,32)/t10-,12-,18-,24-/m0/s1. The Morgan fingerprint density at radius 2 is 1.82 bits per heavy atom. The van der Waals surface area contributed by atoms with Crippen LogP contribution in [0.2, 0.25) is 0 Å². The Kier molecular flexibility index (Phi) is 5.49. The highest BCUT2D eigenvalue weighted by Crippen LogP contribution is 2.53. The lowest BCUT2D eigenvalue weighted by atomic mass is 9.58. The summed E-state index contributed by atoms with van der Waals surface area (Å²) in [5, 5.41) is 33.7. The number of carbonyl (C=O) groups excluding carboxylic acids is 3. The predicted molar refractivity (Wildman–Crippen MR) is 123 cm³/mol. The number of anilines is 1. The second-order valence-electron chi connectivity index (χ2n) is 9.50. The van der Waals surface area contributed by atoms with Crippen LogP contribution in [-0.2, 0) is 16.0 Å². The highest BCUT2D eigenvalue weighted by Gasteiger charge is 2.63. The molecule has 10 heteroatoms. The van der Waals surface area contributed by atoms with Crippen molar-refractivity contribution in [1.82, 2.24) is 4.90 Å². The Morgan fingerprint density at radius 3 is 2.35 bits per heavy atom. The van der Waals surface area contributed by atoms with Crippen LogP contribution < -0.4 is 15.4 Å². The lowest BCUT2D eigenvalue weighted by molar-refractivity contribution is -0.148. The van der Waals surface area contributed by atoms with Crippen LogP contribution in [0.4, 0.5) is 5.69 Å². The van der Waals surface area contributed by atoms with Gasteiger partial charge in [-0.15, -0.1) is 0 Å². The number of carbonyl (C=O) groups is 3. The number of amides is 1. The van der Waals surface area contributed by atoms with Gasteiger partial charge in [0.25, 0.3) is 5.91 Å². The lowest BCUT2D eigenvalue weighted by Crippen LogP contribution is -2.63. The summed E-state index contributed by atoms with van der Waals surface area (Å²) in [4.78, 5) is 42.5. The highest BCUT2D eigenvalue weighted by molar-refractivity contribution is 6.24. The second kappa shape index (κ2) is 7.85. The summed E-state index contributed by atoms with van der Waals surface area (Å²) in [6.07, 6.45) is 0.453. The van der Waals surface area contributed by atoms with Crippen LogP contribution in [-0.4, -0.2) is 84.6 Å². The highest BCUT2D eigenvalue weighted by atomic mass is 16.5. The molecule has 0 fully saturated rings. The van der Waals surface area contributed by atoms with Gasteiger partial charge in [0, 0.05) is 31.3 Å². The van der Waals surface area contributed by atoms with Crippen molar-refractivity contribution in [2.75, 3.05) is 40.2 Å². The normalized spacial score (nSPS) is 28.5. The molecule has 4 rings (SSSR count). The van der Waals surface area contributed by atoms with E-state index in [1.807, 2.05) is 25.1 Å². The van der Waals surface area contributed by atoms with Crippen molar-refractivity contribution in [2.24, 2.45) is 17.6 Å². The van der Waals surface area contributed by atoms with Crippen LogP contribution in [0.5, 0.6) is 5.75 Å². The zero-order chi connectivity index (χ0) is 25.3. The Morgan fingerprint density at radius 1 is 1.18 bits per heavy atom. The Balaban J connectivity index is 1.98. The van der Waals surface area contributed by atoms with Gasteiger partial charge in [-0.25, -0.2) is 0 Å². The van der Waals surface area contributed by atoms with Crippen molar-refractivity contribution in [2.45, 2.75) is 24.5 Å². The molecule has 4 atom stereocenters. The third-order valence-corrected chi connectivity index (χ3v) is 7.27. The van der Waals surface area contributed by atoms with E-state index in [2.05, 4.69) is 0 Å². The van der Waals surface area contributed by atoms with Gasteiger partial charge < -0.3 is 30.7 Å². The Bertz CT molecular complexity index is 1180. The first-order chi connectivity index (χ1) is 15.9. The summed E-state index contributed by atoms with van der Waals surface area (Å²) in [5.41, 5.74) is 3.71. The number of primary amides is 1. The van der Waals surface area contributed by atoms with Gasteiger partial charge in [0.1, 0.15) is 22.8 Å². The molecule has 0 aliphatic heterocycles. The number of aliphatic hydroxyl groups excluding tert-OH is 2. The molecule has 0 heterocycles. The number of hydrogen-bond acceptors (Lipinski definition) is 9. The molecule has 1 aromatic carbocycles. The number of hydrogen-bond donors (Lipinski definition) is 4. The maximum Gasteiger partial charge on any atom is 0.255 e. The first-order valence-electron chi connectivity index (χ1n) is 10.9. The first kappa shape index (κ1) is 23.8. The largest absolute Gasteiger partial charge is 0.510 e. The predicted octanol–water partition coefficient (Wildman–Crippen LogP) is 0.490. The molecule has 0 aromatic heterocycles. The van der Waals surface area contributed by atoms with Gasteiger partial charge in [-0.1, -0.05) is 0 Å². The molecule has 182 valence electrons. The average molecular weight is 472 g/mol. The van der Waals surface area contributed by atoms with Crippen LogP contribution in [0, 0.1) is 11.8 Å². The summed E-state index contributed by atoms with van der Waals surface area (Å²) in [6, 6.07) is 2.52. The summed E-state index contributed by atoms with van der Waals surface area (Å²) in [5.74, 6) is -5.57. The van der Waals surface area contributed by atoms with Crippen molar-refractivity contribution >= 4 is 23.2 Å². The van der Waals surface area contributed by atoms with Gasteiger partial charge in [0.05, 0.1) is 18.7 Å². The van der Waals surface area contributed by atoms with Gasteiger partial charge in [0.2, 0.25) is 5.78 Å². The van der Waals surface area contributed by atoms with Crippen LogP contribution >= 0.6 is 0 Å². The zero-order valence-corrected chi connectivity index (χ0v) is 19.7. The average Bonchev–Trinajstić information content (AvgIpc) is 2.74. The molecule has 34 heavy (non-hydrogen) atoms. The maximum atomic E-state index is 13.7. The van der Waals surface area contributed by atoms with E-state index in [-0.39, 0.29) is 17.6 Å². The number of methoxy groups -OCH3 is 1. The molecule has 1 aromatic rings. The van der Waals surface area contributed by atoms with E-state index in [4.69, 9.17) is 10.5 Å². The molecule has 0 radical (unpaired) electrons. The van der Waals surface area contributed by atoms with Crippen molar-refractivity contribution in [3.05, 3.63) is 45.9 Å². The van der Waals surface area contributed by atoms with E-state index < -0.39 is 58.0 Å². The summed E-state index contributed by atoms with van der Waals surface area (Å²) in [6.45, 7) is 0. The number of rotatable bonds is 4. The number of ketones is 2. The Hall–Kier alpha value is -3.37. The van der Waals surface area contributed by atoms with E-state index in [1.165, 1.54) is 7.11 Å². The van der Waals surface area contributed by atoms with Crippen LogP contribution in [0.15, 0.2) is 34.8 Å².